The van der Waals surface area contributed by atoms with Crippen LogP contribution in [0.5, 0.6) is 0 Å². The molecule has 25 heavy (non-hydrogen) atoms. The summed E-state index contributed by atoms with van der Waals surface area (Å²) in [4.78, 5) is 28.4. The molecule has 0 atom stereocenters. The monoisotopic (exact) mass is 351 g/mol. The average Bonchev–Trinajstić information content (AvgIpc) is 3.06. The highest BCUT2D eigenvalue weighted by Gasteiger charge is 2.17. The van der Waals surface area contributed by atoms with Crippen molar-refractivity contribution in [1.29, 1.82) is 0 Å². The van der Waals surface area contributed by atoms with Crippen LogP contribution in [0, 0.1) is 6.92 Å². The van der Waals surface area contributed by atoms with Crippen molar-refractivity contribution in [1.82, 2.24) is 0 Å². The summed E-state index contributed by atoms with van der Waals surface area (Å²) in [5.74, 6) is 0.0282. The number of fused-ring (bicyclic) bond motifs is 1. The number of thiophene rings is 1. The van der Waals surface area contributed by atoms with Gasteiger partial charge in [0, 0.05) is 30.0 Å². The van der Waals surface area contributed by atoms with E-state index in [1.807, 2.05) is 62.4 Å². The second-order valence-electron chi connectivity index (χ2n) is 6.00. The van der Waals surface area contributed by atoms with Crippen molar-refractivity contribution in [2.24, 2.45) is 0 Å². The molecule has 0 aliphatic heterocycles. The lowest BCUT2D eigenvalue weighted by Crippen LogP contribution is -2.30. The molecule has 1 aromatic heterocycles. The fourth-order valence-corrected chi connectivity index (χ4v) is 3.75. The van der Waals surface area contributed by atoms with E-state index < -0.39 is 0 Å². The molecule has 3 aromatic rings. The van der Waals surface area contributed by atoms with Crippen LogP contribution in [0.1, 0.15) is 34.3 Å². The number of ketones is 1. The zero-order valence-corrected chi connectivity index (χ0v) is 15.3. The van der Waals surface area contributed by atoms with Crippen LogP contribution in [0.15, 0.2) is 54.6 Å². The molecule has 1 heterocycles. The maximum Gasteiger partial charge on any atom is 0.227 e. The summed E-state index contributed by atoms with van der Waals surface area (Å²) in [5.41, 5.74) is 0.880. The topological polar surface area (TPSA) is 37.4 Å². The van der Waals surface area contributed by atoms with Crippen LogP contribution >= 0.6 is 11.3 Å². The van der Waals surface area contributed by atoms with E-state index in [0.29, 0.717) is 6.54 Å². The van der Waals surface area contributed by atoms with Crippen LogP contribution in [0.2, 0.25) is 0 Å². The molecule has 0 unspecified atom stereocenters. The van der Waals surface area contributed by atoms with Crippen molar-refractivity contribution in [2.75, 3.05) is 11.4 Å². The Morgan fingerprint density at radius 3 is 2.40 bits per heavy atom. The highest BCUT2D eigenvalue weighted by molar-refractivity contribution is 7.14. The summed E-state index contributed by atoms with van der Waals surface area (Å²) in [6.45, 7) is 4.52. The number of nitrogens with zero attached hydrogens (tertiary/aromatic N) is 1. The summed E-state index contributed by atoms with van der Waals surface area (Å²) < 4.78 is 0. The maximum atomic E-state index is 12.6. The summed E-state index contributed by atoms with van der Waals surface area (Å²) in [7, 11) is 0. The molecular formula is C21H21NO2S. The van der Waals surface area contributed by atoms with Gasteiger partial charge in [0.15, 0.2) is 5.78 Å². The number of aryl methyl sites for hydroxylation is 1. The molecule has 3 rings (SSSR count). The third-order valence-electron chi connectivity index (χ3n) is 4.24. The molecule has 0 radical (unpaired) electrons. The first kappa shape index (κ1) is 17.4. The minimum absolute atomic E-state index is 0.0144. The predicted octanol–water partition coefficient (Wildman–Crippen LogP) is 5.23. The number of hydrogen-bond acceptors (Lipinski definition) is 3. The van der Waals surface area contributed by atoms with Gasteiger partial charge in [0.05, 0.1) is 4.88 Å². The molecule has 4 heteroatoms. The molecule has 1 amide bonds. The number of hydrogen-bond donors (Lipinski definition) is 0. The van der Waals surface area contributed by atoms with E-state index in [4.69, 9.17) is 0 Å². The lowest BCUT2D eigenvalue weighted by Gasteiger charge is -2.21. The average molecular weight is 351 g/mol. The van der Waals surface area contributed by atoms with Crippen LogP contribution in [0.25, 0.3) is 10.8 Å². The van der Waals surface area contributed by atoms with Gasteiger partial charge in [-0.05, 0) is 48.9 Å². The number of rotatable bonds is 6. The van der Waals surface area contributed by atoms with E-state index in [0.717, 1.165) is 26.2 Å². The van der Waals surface area contributed by atoms with E-state index in [2.05, 4.69) is 6.07 Å². The first-order valence-electron chi connectivity index (χ1n) is 8.47. The Morgan fingerprint density at radius 2 is 1.72 bits per heavy atom. The number of amides is 1. The minimum Gasteiger partial charge on any atom is -0.313 e. The lowest BCUT2D eigenvalue weighted by atomic mass is 10.1. The highest BCUT2D eigenvalue weighted by Crippen LogP contribution is 2.23. The van der Waals surface area contributed by atoms with Gasteiger partial charge in [-0.15, -0.1) is 11.3 Å². The van der Waals surface area contributed by atoms with Gasteiger partial charge in [-0.25, -0.2) is 0 Å². The number of Topliss-reactive ketones (excluding diaryl/α,β-unsaturated/α-hetero) is 1. The Labute approximate surface area is 151 Å². The third-order valence-corrected chi connectivity index (χ3v) is 5.28. The molecule has 2 aromatic carbocycles. The summed E-state index contributed by atoms with van der Waals surface area (Å²) in [6.07, 6.45) is 0.485. The van der Waals surface area contributed by atoms with Gasteiger partial charge in [0.1, 0.15) is 0 Å². The zero-order chi connectivity index (χ0) is 17.8. The van der Waals surface area contributed by atoms with E-state index in [1.54, 1.807) is 4.90 Å². The Hall–Kier alpha value is -2.46. The van der Waals surface area contributed by atoms with Gasteiger partial charge in [0.25, 0.3) is 0 Å². The smallest absolute Gasteiger partial charge is 0.227 e. The maximum absolute atomic E-state index is 12.6. The first-order valence-corrected chi connectivity index (χ1v) is 9.29. The number of carbonyl (C=O) groups excluding carboxylic acids is 2. The first-order chi connectivity index (χ1) is 12.1. The SMILES string of the molecule is CCN(C(=O)CCC(=O)c1ccc(C)s1)c1ccc2ccccc2c1. The zero-order valence-electron chi connectivity index (χ0n) is 14.5. The summed E-state index contributed by atoms with van der Waals surface area (Å²) in [5, 5.41) is 2.26. The van der Waals surface area contributed by atoms with Crippen molar-refractivity contribution in [3.63, 3.8) is 0 Å². The molecule has 0 aliphatic rings. The molecular weight excluding hydrogens is 330 g/mol. The van der Waals surface area contributed by atoms with E-state index >= 15 is 0 Å². The van der Waals surface area contributed by atoms with Crippen molar-refractivity contribution >= 4 is 39.5 Å². The lowest BCUT2D eigenvalue weighted by molar-refractivity contribution is -0.118. The van der Waals surface area contributed by atoms with E-state index in [-0.39, 0.29) is 24.5 Å². The molecule has 3 nitrogen and oxygen atoms in total. The quantitative estimate of drug-likeness (QED) is 0.571. The Bertz CT molecular complexity index is 913. The fourth-order valence-electron chi connectivity index (χ4n) is 2.91. The molecule has 0 saturated heterocycles. The number of anilines is 1. The van der Waals surface area contributed by atoms with Crippen LogP contribution in [0.3, 0.4) is 0 Å². The van der Waals surface area contributed by atoms with Crippen LogP contribution < -0.4 is 4.90 Å². The van der Waals surface area contributed by atoms with Crippen LogP contribution in [0.4, 0.5) is 5.69 Å². The normalized spacial score (nSPS) is 10.8. The molecule has 0 fully saturated rings. The van der Waals surface area contributed by atoms with Crippen LogP contribution in [-0.4, -0.2) is 18.2 Å². The van der Waals surface area contributed by atoms with Gasteiger partial charge in [-0.2, -0.15) is 0 Å². The van der Waals surface area contributed by atoms with Gasteiger partial charge in [-0.1, -0.05) is 30.3 Å². The summed E-state index contributed by atoms with van der Waals surface area (Å²) >= 11 is 1.49. The van der Waals surface area contributed by atoms with Crippen molar-refractivity contribution in [3.8, 4) is 0 Å². The third kappa shape index (κ3) is 3.97. The van der Waals surface area contributed by atoms with Gasteiger partial charge in [0.2, 0.25) is 5.91 Å². The Balaban J connectivity index is 1.70. The summed E-state index contributed by atoms with van der Waals surface area (Å²) in [6, 6.07) is 17.9. The van der Waals surface area contributed by atoms with Crippen molar-refractivity contribution in [2.45, 2.75) is 26.7 Å². The molecule has 0 bridgehead atoms. The molecule has 0 spiro atoms. The molecule has 0 aliphatic carbocycles. The van der Waals surface area contributed by atoms with Gasteiger partial charge < -0.3 is 4.90 Å². The van der Waals surface area contributed by atoms with Crippen molar-refractivity contribution < 1.29 is 9.59 Å². The predicted molar refractivity (Wildman–Crippen MR) is 105 cm³/mol. The standard InChI is InChI=1S/C21H21NO2S/c1-3-22(18-10-9-16-6-4-5-7-17(16)14-18)21(24)13-11-19(23)20-12-8-15(2)25-20/h4-10,12,14H,3,11,13H2,1-2H3. The second kappa shape index (κ2) is 7.62. The Kier molecular flexibility index (Phi) is 5.29. The second-order valence-corrected chi connectivity index (χ2v) is 7.29. The number of benzene rings is 2. The molecule has 128 valence electrons. The minimum atomic E-state index is -0.0144. The van der Waals surface area contributed by atoms with E-state index in [1.165, 1.54) is 11.3 Å². The Morgan fingerprint density at radius 1 is 0.960 bits per heavy atom. The van der Waals surface area contributed by atoms with Gasteiger partial charge >= 0.3 is 0 Å². The molecule has 0 saturated carbocycles. The fraction of sp³-hybridized carbons (Fsp3) is 0.238. The largest absolute Gasteiger partial charge is 0.313 e. The number of carbonyl (C=O) groups is 2. The van der Waals surface area contributed by atoms with Crippen LogP contribution in [-0.2, 0) is 4.79 Å². The van der Waals surface area contributed by atoms with E-state index in [9.17, 15) is 9.59 Å². The molecule has 0 N–H and O–H groups in total. The van der Waals surface area contributed by atoms with Gasteiger partial charge in [-0.3, -0.25) is 9.59 Å². The van der Waals surface area contributed by atoms with Crippen molar-refractivity contribution in [3.05, 3.63) is 64.4 Å². The highest BCUT2D eigenvalue weighted by atomic mass is 32.1.